The summed E-state index contributed by atoms with van der Waals surface area (Å²) in [5, 5.41) is 0.621. The third kappa shape index (κ3) is 9.83. The van der Waals surface area contributed by atoms with Crippen molar-refractivity contribution in [1.82, 2.24) is 0 Å². The van der Waals surface area contributed by atoms with Gasteiger partial charge in [0, 0.05) is 0 Å². The fourth-order valence-electron chi connectivity index (χ4n) is 3.99. The molecule has 0 radical (unpaired) electrons. The standard InChI is InChI=1S/C30H44O5/c1-6-7-8-9-10-11-12-13-21-34-29-28(32-5)27-25(18-15-19-26(27)35-30(29)31)33-22-20-24(4)17-14-16-23(2)3/h15-16,18-20H,6-14,17,21-22H2,1-5H3/b24-20+. The third-order valence-corrected chi connectivity index (χ3v) is 6.02. The molecule has 5 nitrogen and oxygen atoms in total. The zero-order valence-electron chi connectivity index (χ0n) is 22.4. The molecule has 1 aromatic heterocycles. The minimum atomic E-state index is -0.527. The zero-order chi connectivity index (χ0) is 25.5. The maximum Gasteiger partial charge on any atom is 0.383 e. The second-order valence-corrected chi connectivity index (χ2v) is 9.39. The number of fused-ring (bicyclic) bond motifs is 1. The number of unbranched alkanes of at least 4 members (excludes halogenated alkanes) is 7. The van der Waals surface area contributed by atoms with Crippen molar-refractivity contribution in [2.45, 2.75) is 91.9 Å². The molecule has 0 aliphatic carbocycles. The third-order valence-electron chi connectivity index (χ3n) is 6.02. The molecular weight excluding hydrogens is 440 g/mol. The average Bonchev–Trinajstić information content (AvgIpc) is 2.83. The number of hydrogen-bond acceptors (Lipinski definition) is 5. The van der Waals surface area contributed by atoms with Crippen LogP contribution in [-0.2, 0) is 0 Å². The van der Waals surface area contributed by atoms with E-state index in [1.807, 2.05) is 12.1 Å². The fraction of sp³-hybridized carbons (Fsp3) is 0.567. The van der Waals surface area contributed by atoms with Crippen molar-refractivity contribution < 1.29 is 18.6 Å². The Balaban J connectivity index is 2.03. The molecule has 0 unspecified atom stereocenters. The highest BCUT2D eigenvalue weighted by Crippen LogP contribution is 2.38. The van der Waals surface area contributed by atoms with Gasteiger partial charge in [0.15, 0.2) is 5.75 Å². The Kier molecular flexibility index (Phi) is 13.1. The van der Waals surface area contributed by atoms with E-state index in [0.29, 0.717) is 35.7 Å². The second-order valence-electron chi connectivity index (χ2n) is 9.39. The first-order valence-electron chi connectivity index (χ1n) is 13.2. The summed E-state index contributed by atoms with van der Waals surface area (Å²) >= 11 is 0. The molecule has 1 aromatic carbocycles. The molecular formula is C30H44O5. The van der Waals surface area contributed by atoms with Crippen LogP contribution in [0.2, 0.25) is 0 Å². The van der Waals surface area contributed by atoms with E-state index >= 15 is 0 Å². The van der Waals surface area contributed by atoms with Crippen molar-refractivity contribution in [1.29, 1.82) is 0 Å². The molecule has 35 heavy (non-hydrogen) atoms. The number of allylic oxidation sites excluding steroid dienone is 3. The quantitative estimate of drug-likeness (QED) is 0.128. The van der Waals surface area contributed by atoms with Crippen LogP contribution in [0.1, 0.15) is 91.9 Å². The molecule has 0 amide bonds. The van der Waals surface area contributed by atoms with Crippen LogP contribution in [0.25, 0.3) is 11.0 Å². The van der Waals surface area contributed by atoms with E-state index < -0.39 is 5.63 Å². The molecule has 0 atom stereocenters. The van der Waals surface area contributed by atoms with E-state index in [4.69, 9.17) is 18.6 Å². The number of methoxy groups -OCH3 is 1. The van der Waals surface area contributed by atoms with Gasteiger partial charge in [0.1, 0.15) is 23.3 Å². The molecule has 1 heterocycles. The van der Waals surface area contributed by atoms with Crippen molar-refractivity contribution in [3.63, 3.8) is 0 Å². The van der Waals surface area contributed by atoms with Crippen molar-refractivity contribution in [3.05, 3.63) is 51.9 Å². The van der Waals surface area contributed by atoms with Gasteiger partial charge < -0.3 is 18.6 Å². The van der Waals surface area contributed by atoms with Crippen LogP contribution in [0.15, 0.2) is 50.7 Å². The van der Waals surface area contributed by atoms with Crippen LogP contribution < -0.4 is 19.8 Å². The Hall–Kier alpha value is -2.69. The molecule has 0 saturated carbocycles. The molecule has 0 fully saturated rings. The van der Waals surface area contributed by atoms with Crippen LogP contribution >= 0.6 is 0 Å². The average molecular weight is 485 g/mol. The summed E-state index contributed by atoms with van der Waals surface area (Å²) in [4.78, 5) is 12.6. The lowest BCUT2D eigenvalue weighted by Crippen LogP contribution is -2.11. The number of hydrogen-bond donors (Lipinski definition) is 0. The van der Waals surface area contributed by atoms with Crippen LogP contribution in [0.3, 0.4) is 0 Å². The number of rotatable bonds is 17. The topological polar surface area (TPSA) is 57.9 Å². The Bertz CT molecular complexity index is 1010. The van der Waals surface area contributed by atoms with Gasteiger partial charge in [-0.15, -0.1) is 0 Å². The van der Waals surface area contributed by atoms with E-state index in [2.05, 4.69) is 39.8 Å². The van der Waals surface area contributed by atoms with E-state index in [-0.39, 0.29) is 5.75 Å². The van der Waals surface area contributed by atoms with E-state index in [0.717, 1.165) is 25.7 Å². The van der Waals surface area contributed by atoms with E-state index in [1.54, 1.807) is 13.2 Å². The first-order valence-corrected chi connectivity index (χ1v) is 13.2. The molecule has 0 N–H and O–H groups in total. The smallest absolute Gasteiger partial charge is 0.383 e. The molecule has 2 rings (SSSR count). The highest BCUT2D eigenvalue weighted by molar-refractivity contribution is 5.91. The van der Waals surface area contributed by atoms with Gasteiger partial charge in [0.05, 0.1) is 13.7 Å². The summed E-state index contributed by atoms with van der Waals surface area (Å²) in [5.41, 5.74) is 2.50. The molecule has 194 valence electrons. The first-order chi connectivity index (χ1) is 17.0. The number of ether oxygens (including phenoxy) is 3. The van der Waals surface area contributed by atoms with Gasteiger partial charge in [0.25, 0.3) is 0 Å². The summed E-state index contributed by atoms with van der Waals surface area (Å²) < 4.78 is 23.1. The molecule has 5 heteroatoms. The summed E-state index contributed by atoms with van der Waals surface area (Å²) in [6, 6.07) is 5.42. The molecule has 0 saturated heterocycles. The molecule has 0 spiro atoms. The normalized spacial score (nSPS) is 11.5. The summed E-state index contributed by atoms with van der Waals surface area (Å²) in [5.74, 6) is 1.09. The van der Waals surface area contributed by atoms with Gasteiger partial charge >= 0.3 is 5.63 Å². The molecule has 0 aliphatic rings. The molecule has 0 bridgehead atoms. The first kappa shape index (κ1) is 28.5. The highest BCUT2D eigenvalue weighted by atomic mass is 16.5. The van der Waals surface area contributed by atoms with Gasteiger partial charge in [-0.1, -0.05) is 75.2 Å². The Morgan fingerprint density at radius 2 is 1.63 bits per heavy atom. The monoisotopic (exact) mass is 484 g/mol. The number of benzene rings is 1. The zero-order valence-corrected chi connectivity index (χ0v) is 22.4. The highest BCUT2D eigenvalue weighted by Gasteiger charge is 2.20. The fourth-order valence-corrected chi connectivity index (χ4v) is 3.99. The van der Waals surface area contributed by atoms with Gasteiger partial charge in [0.2, 0.25) is 5.75 Å². The predicted molar refractivity (Wildman–Crippen MR) is 145 cm³/mol. The maximum absolute atomic E-state index is 12.6. The Morgan fingerprint density at radius 1 is 0.914 bits per heavy atom. The van der Waals surface area contributed by atoms with Crippen molar-refractivity contribution in [3.8, 4) is 17.2 Å². The minimum absolute atomic E-state index is 0.118. The van der Waals surface area contributed by atoms with Crippen molar-refractivity contribution in [2.24, 2.45) is 0 Å². The lowest BCUT2D eigenvalue weighted by molar-refractivity contribution is 0.271. The summed E-state index contributed by atoms with van der Waals surface area (Å²) in [6.07, 6.45) is 16.0. The van der Waals surface area contributed by atoms with Crippen LogP contribution in [0, 0.1) is 0 Å². The van der Waals surface area contributed by atoms with Gasteiger partial charge in [-0.2, -0.15) is 0 Å². The van der Waals surface area contributed by atoms with E-state index in [9.17, 15) is 4.79 Å². The van der Waals surface area contributed by atoms with Crippen molar-refractivity contribution >= 4 is 11.0 Å². The largest absolute Gasteiger partial charge is 0.492 e. The predicted octanol–water partition coefficient (Wildman–Crippen LogP) is 8.39. The minimum Gasteiger partial charge on any atom is -0.492 e. The maximum atomic E-state index is 12.6. The van der Waals surface area contributed by atoms with E-state index in [1.165, 1.54) is 49.7 Å². The van der Waals surface area contributed by atoms with Crippen LogP contribution in [0.5, 0.6) is 17.2 Å². The lowest BCUT2D eigenvalue weighted by Gasteiger charge is -2.14. The SMILES string of the molecule is CCCCCCCCCCOc1c(OC)c2c(OC/C=C(\C)CCC=C(C)C)cccc2oc1=O. The lowest BCUT2D eigenvalue weighted by atomic mass is 10.1. The summed E-state index contributed by atoms with van der Waals surface area (Å²) in [7, 11) is 1.54. The summed E-state index contributed by atoms with van der Waals surface area (Å²) in [6.45, 7) is 9.46. The molecule has 2 aromatic rings. The van der Waals surface area contributed by atoms with Crippen LogP contribution in [-0.4, -0.2) is 20.3 Å². The van der Waals surface area contributed by atoms with Crippen LogP contribution in [0.4, 0.5) is 0 Å². The van der Waals surface area contributed by atoms with Gasteiger partial charge in [-0.3, -0.25) is 0 Å². The van der Waals surface area contributed by atoms with Gasteiger partial charge in [-0.25, -0.2) is 4.79 Å². The van der Waals surface area contributed by atoms with Gasteiger partial charge in [-0.05, 0) is 58.2 Å². The Labute approximate surface area is 211 Å². The second kappa shape index (κ2) is 16.1. The molecule has 0 aliphatic heterocycles. The Morgan fingerprint density at radius 3 is 2.31 bits per heavy atom. The van der Waals surface area contributed by atoms with Crippen molar-refractivity contribution in [2.75, 3.05) is 20.3 Å².